The van der Waals surface area contributed by atoms with Crippen LogP contribution in [0.15, 0.2) is 23.3 Å². The van der Waals surface area contributed by atoms with E-state index in [9.17, 15) is 19.5 Å². The number of hydrazone groups is 1. The molecule has 0 atom stereocenters. The van der Waals surface area contributed by atoms with E-state index in [1.54, 1.807) is 26.0 Å². The molecule has 0 fully saturated rings. The van der Waals surface area contributed by atoms with Crippen LogP contribution in [0.3, 0.4) is 0 Å². The molecule has 130 valence electrons. The van der Waals surface area contributed by atoms with Gasteiger partial charge in [-0.05, 0) is 37.6 Å². The fourth-order valence-corrected chi connectivity index (χ4v) is 1.59. The molecule has 2 N–H and O–H groups in total. The molecule has 2 amide bonds. The normalized spacial score (nSPS) is 10.2. The molecule has 0 unspecified atom stereocenters. The lowest BCUT2D eigenvalue weighted by atomic mass is 10.2. The monoisotopic (exact) mass is 336 g/mol. The number of hydrogen-bond donors (Lipinski definition) is 2. The highest BCUT2D eigenvalue weighted by molar-refractivity contribution is 6.35. The number of aliphatic carboxylic acids is 1. The summed E-state index contributed by atoms with van der Waals surface area (Å²) in [6.07, 6.45) is 1.31. The third kappa shape index (κ3) is 6.34. The Bertz CT molecular complexity index is 630. The number of amides is 2. The highest BCUT2D eigenvalue weighted by atomic mass is 16.5. The van der Waals surface area contributed by atoms with Crippen molar-refractivity contribution in [3.8, 4) is 11.5 Å². The average Bonchev–Trinajstić information content (AvgIpc) is 2.54. The van der Waals surface area contributed by atoms with Crippen molar-refractivity contribution in [1.82, 2.24) is 10.7 Å². The first-order chi connectivity index (χ1) is 11.5. The molecule has 0 spiro atoms. The van der Waals surface area contributed by atoms with Crippen molar-refractivity contribution in [2.45, 2.75) is 13.8 Å². The molecule has 9 heteroatoms. The van der Waals surface area contributed by atoms with Crippen LogP contribution in [-0.2, 0) is 14.4 Å². The van der Waals surface area contributed by atoms with Crippen molar-refractivity contribution in [2.24, 2.45) is 5.10 Å². The molecule has 0 heterocycles. The lowest BCUT2D eigenvalue weighted by Crippen LogP contribution is -2.37. The zero-order valence-corrected chi connectivity index (χ0v) is 13.3. The van der Waals surface area contributed by atoms with E-state index < -0.39 is 24.4 Å². The zero-order chi connectivity index (χ0) is 17.9. The number of nitrogens with zero attached hydrogens (tertiary/aromatic N) is 1. The predicted molar refractivity (Wildman–Crippen MR) is 82.5 cm³/mol. The maximum atomic E-state index is 11.4. The quantitative estimate of drug-likeness (QED) is 0.348. The Morgan fingerprint density at radius 2 is 1.92 bits per heavy atom. The van der Waals surface area contributed by atoms with Crippen LogP contribution in [0.1, 0.15) is 19.4 Å². The molecule has 0 aromatic heterocycles. The van der Waals surface area contributed by atoms with Crippen molar-refractivity contribution in [3.63, 3.8) is 0 Å². The molecule has 0 saturated heterocycles. The second kappa shape index (κ2) is 9.82. The number of carboxylic acid groups (broad SMARTS) is 1. The number of rotatable bonds is 8. The summed E-state index contributed by atoms with van der Waals surface area (Å²) >= 11 is 0. The summed E-state index contributed by atoms with van der Waals surface area (Å²) in [5.41, 5.74) is 2.63. The van der Waals surface area contributed by atoms with Crippen molar-refractivity contribution < 1.29 is 29.0 Å². The van der Waals surface area contributed by atoms with Crippen LogP contribution < -0.4 is 25.3 Å². The fraction of sp³-hybridized carbons (Fsp3) is 0.333. The Morgan fingerprint density at radius 3 is 2.54 bits per heavy atom. The Hall–Kier alpha value is -3.10. The predicted octanol–water partition coefficient (Wildman–Crippen LogP) is -1.20. The summed E-state index contributed by atoms with van der Waals surface area (Å²) in [6.45, 7) is 3.52. The minimum absolute atomic E-state index is 0.240. The number of hydrogen-bond acceptors (Lipinski definition) is 7. The van der Waals surface area contributed by atoms with Gasteiger partial charge in [-0.3, -0.25) is 9.59 Å². The summed E-state index contributed by atoms with van der Waals surface area (Å²) in [5.74, 6) is -2.46. The van der Waals surface area contributed by atoms with E-state index in [0.29, 0.717) is 24.5 Å². The molecule has 0 radical (unpaired) electrons. The van der Waals surface area contributed by atoms with Gasteiger partial charge < -0.3 is 24.7 Å². The maximum absolute atomic E-state index is 11.4. The van der Waals surface area contributed by atoms with Gasteiger partial charge in [-0.25, -0.2) is 5.43 Å². The second-order valence-corrected chi connectivity index (χ2v) is 4.36. The van der Waals surface area contributed by atoms with Crippen LogP contribution in [-0.4, -0.2) is 43.8 Å². The number of ether oxygens (including phenoxy) is 2. The number of carboxylic acids is 1. The molecule has 1 rings (SSSR count). The van der Waals surface area contributed by atoms with Gasteiger partial charge in [0, 0.05) is 6.54 Å². The van der Waals surface area contributed by atoms with E-state index in [1.165, 1.54) is 12.3 Å². The van der Waals surface area contributed by atoms with Crippen molar-refractivity contribution in [3.05, 3.63) is 23.8 Å². The standard InChI is InChI=1S/C15H19N3O6/c1-3-16-14(21)15(22)18-17-8-10-5-6-11(24-9-13(19)20)12(7-10)23-4-2/h5-8H,3-4,9H2,1-2H3,(H,16,21)(H,18,22)(H,19,20)/p-1/b17-8-. The van der Waals surface area contributed by atoms with Gasteiger partial charge in [0.15, 0.2) is 11.5 Å². The molecule has 0 saturated carbocycles. The van der Waals surface area contributed by atoms with Gasteiger partial charge >= 0.3 is 11.8 Å². The molecule has 9 nitrogen and oxygen atoms in total. The Labute approximate surface area is 138 Å². The van der Waals surface area contributed by atoms with Crippen molar-refractivity contribution in [1.29, 1.82) is 0 Å². The van der Waals surface area contributed by atoms with Crippen LogP contribution in [0.5, 0.6) is 11.5 Å². The molecule has 1 aromatic rings. The summed E-state index contributed by atoms with van der Waals surface area (Å²) in [4.78, 5) is 33.0. The van der Waals surface area contributed by atoms with E-state index in [-0.39, 0.29) is 5.75 Å². The van der Waals surface area contributed by atoms with Gasteiger partial charge in [0.25, 0.3) is 0 Å². The van der Waals surface area contributed by atoms with Gasteiger partial charge in [-0.2, -0.15) is 5.10 Å². The molecular weight excluding hydrogens is 318 g/mol. The molecule has 0 aliphatic heterocycles. The third-order valence-electron chi connectivity index (χ3n) is 2.54. The van der Waals surface area contributed by atoms with Crippen LogP contribution in [0.4, 0.5) is 0 Å². The minimum Gasteiger partial charge on any atom is -0.546 e. The molecule has 0 aliphatic carbocycles. The SMILES string of the molecule is CCNC(=O)C(=O)N/N=C\c1ccc(OCC(=O)[O-])c(OCC)c1. The lowest BCUT2D eigenvalue weighted by molar-refractivity contribution is -0.307. The van der Waals surface area contributed by atoms with E-state index in [4.69, 9.17) is 9.47 Å². The molecule has 1 aromatic carbocycles. The van der Waals surface area contributed by atoms with Crippen LogP contribution >= 0.6 is 0 Å². The number of carbonyl (C=O) groups is 3. The minimum atomic E-state index is -1.35. The van der Waals surface area contributed by atoms with Crippen molar-refractivity contribution >= 4 is 24.0 Å². The van der Waals surface area contributed by atoms with E-state index in [0.717, 1.165) is 0 Å². The van der Waals surface area contributed by atoms with E-state index >= 15 is 0 Å². The van der Waals surface area contributed by atoms with Gasteiger partial charge in [-0.15, -0.1) is 0 Å². The van der Waals surface area contributed by atoms with Crippen LogP contribution in [0.2, 0.25) is 0 Å². The summed E-state index contributed by atoms with van der Waals surface area (Å²) in [6, 6.07) is 4.63. The molecule has 24 heavy (non-hydrogen) atoms. The van der Waals surface area contributed by atoms with Crippen LogP contribution in [0.25, 0.3) is 0 Å². The summed E-state index contributed by atoms with van der Waals surface area (Å²) < 4.78 is 10.4. The Balaban J connectivity index is 2.76. The summed E-state index contributed by atoms with van der Waals surface area (Å²) in [7, 11) is 0. The Kier molecular flexibility index (Phi) is 7.76. The van der Waals surface area contributed by atoms with Gasteiger partial charge in [0.2, 0.25) is 0 Å². The first-order valence-corrected chi connectivity index (χ1v) is 7.18. The zero-order valence-electron chi connectivity index (χ0n) is 13.3. The first-order valence-electron chi connectivity index (χ1n) is 7.18. The Morgan fingerprint density at radius 1 is 1.17 bits per heavy atom. The van der Waals surface area contributed by atoms with E-state index in [1.807, 2.05) is 0 Å². The highest BCUT2D eigenvalue weighted by Gasteiger charge is 2.10. The van der Waals surface area contributed by atoms with Crippen molar-refractivity contribution in [2.75, 3.05) is 19.8 Å². The highest BCUT2D eigenvalue weighted by Crippen LogP contribution is 2.27. The largest absolute Gasteiger partial charge is 0.546 e. The van der Waals surface area contributed by atoms with Gasteiger partial charge in [-0.1, -0.05) is 0 Å². The lowest BCUT2D eigenvalue weighted by Gasteiger charge is -2.12. The number of nitrogens with one attached hydrogen (secondary N) is 2. The smallest absolute Gasteiger partial charge is 0.329 e. The average molecular weight is 336 g/mol. The van der Waals surface area contributed by atoms with Gasteiger partial charge in [0.1, 0.15) is 6.61 Å². The molecule has 0 bridgehead atoms. The number of likely N-dealkylation sites (N-methyl/N-ethyl adjacent to an activating group) is 1. The fourth-order valence-electron chi connectivity index (χ4n) is 1.59. The second-order valence-electron chi connectivity index (χ2n) is 4.36. The van der Waals surface area contributed by atoms with Gasteiger partial charge in [0.05, 0.1) is 18.8 Å². The van der Waals surface area contributed by atoms with E-state index in [2.05, 4.69) is 15.8 Å². The van der Waals surface area contributed by atoms with Crippen LogP contribution in [0, 0.1) is 0 Å². The maximum Gasteiger partial charge on any atom is 0.329 e. The number of carbonyl (C=O) groups excluding carboxylic acids is 3. The third-order valence-corrected chi connectivity index (χ3v) is 2.54. The molecule has 0 aliphatic rings. The first kappa shape index (κ1) is 18.9. The topological polar surface area (TPSA) is 129 Å². The summed E-state index contributed by atoms with van der Waals surface area (Å²) in [5, 5.41) is 16.4. The molecular formula is C15H18N3O6-. The number of benzene rings is 1.